The zero-order valence-electron chi connectivity index (χ0n) is 17.5. The maximum atomic E-state index is 14.3. The molecule has 8 heteroatoms. The molecule has 32 heavy (non-hydrogen) atoms. The van der Waals surface area contributed by atoms with Crippen LogP contribution in [0.3, 0.4) is 0 Å². The maximum absolute atomic E-state index is 14.3. The number of likely N-dealkylation sites (tertiary alicyclic amines) is 1. The van der Waals surface area contributed by atoms with Crippen LogP contribution in [0.4, 0.5) is 4.39 Å². The zero-order chi connectivity index (χ0) is 22.2. The maximum Gasteiger partial charge on any atom is 0.278 e. The van der Waals surface area contributed by atoms with Crippen LogP contribution in [-0.2, 0) is 0 Å². The van der Waals surface area contributed by atoms with Gasteiger partial charge in [-0.25, -0.2) is 14.1 Å². The third kappa shape index (κ3) is 3.57. The van der Waals surface area contributed by atoms with Crippen molar-refractivity contribution in [3.8, 4) is 5.69 Å². The summed E-state index contributed by atoms with van der Waals surface area (Å²) in [5.74, 6) is -0.151. The second kappa shape index (κ2) is 8.03. The smallest absolute Gasteiger partial charge is 0.278 e. The quantitative estimate of drug-likeness (QED) is 0.491. The molecule has 0 atom stereocenters. The monoisotopic (exact) mass is 432 g/mol. The summed E-state index contributed by atoms with van der Waals surface area (Å²) in [5.41, 5.74) is 1.53. The number of benzene rings is 2. The van der Waals surface area contributed by atoms with Gasteiger partial charge < -0.3 is 9.32 Å². The van der Waals surface area contributed by atoms with Crippen LogP contribution in [-0.4, -0.2) is 38.7 Å². The highest BCUT2D eigenvalue weighted by atomic mass is 19.1. The summed E-state index contributed by atoms with van der Waals surface area (Å²) in [6.45, 7) is 2.56. The predicted octanol–water partition coefficient (Wildman–Crippen LogP) is 3.84. The minimum absolute atomic E-state index is 0.104. The molecule has 1 aliphatic heterocycles. The molecule has 0 radical (unpaired) electrons. The topological polar surface area (TPSA) is 81.2 Å². The molecule has 1 fully saturated rings. The van der Waals surface area contributed by atoms with Crippen molar-refractivity contribution < 1.29 is 13.6 Å². The summed E-state index contributed by atoms with van der Waals surface area (Å²) in [4.78, 5) is 31.8. The lowest BCUT2D eigenvalue weighted by molar-refractivity contribution is 0.0697. The molecule has 162 valence electrons. The van der Waals surface area contributed by atoms with E-state index in [4.69, 9.17) is 4.42 Å². The fourth-order valence-electron chi connectivity index (χ4n) is 4.11. The number of para-hydroxylation sites is 3. The Morgan fingerprint density at radius 2 is 1.81 bits per heavy atom. The van der Waals surface area contributed by atoms with Crippen LogP contribution in [0.25, 0.3) is 16.8 Å². The molecule has 0 spiro atoms. The van der Waals surface area contributed by atoms with Gasteiger partial charge in [-0.05, 0) is 44.0 Å². The van der Waals surface area contributed by atoms with Crippen molar-refractivity contribution in [2.75, 3.05) is 13.1 Å². The number of aryl methyl sites for hydroxylation is 1. The standard InChI is InChI=1S/C24H21FN4O3/c1-15-14-20(30)22(27-29(15)19-8-4-2-6-17(19)25)24(31)28-12-10-16(11-13-28)23-26-18-7-3-5-9-21(18)32-23/h2-9,14,16H,10-13H2,1H3. The molecule has 3 heterocycles. The highest BCUT2D eigenvalue weighted by molar-refractivity contribution is 5.92. The van der Waals surface area contributed by atoms with Crippen molar-refractivity contribution in [2.24, 2.45) is 0 Å². The van der Waals surface area contributed by atoms with Gasteiger partial charge in [-0.15, -0.1) is 0 Å². The van der Waals surface area contributed by atoms with Gasteiger partial charge in [0.15, 0.2) is 17.2 Å². The molecular formula is C24H21FN4O3. The van der Waals surface area contributed by atoms with E-state index in [-0.39, 0.29) is 17.3 Å². The molecule has 0 unspecified atom stereocenters. The van der Waals surface area contributed by atoms with Gasteiger partial charge in [0.25, 0.3) is 5.91 Å². The van der Waals surface area contributed by atoms with E-state index < -0.39 is 17.2 Å². The molecule has 1 amide bonds. The minimum Gasteiger partial charge on any atom is -0.440 e. The zero-order valence-corrected chi connectivity index (χ0v) is 17.5. The van der Waals surface area contributed by atoms with E-state index >= 15 is 0 Å². The van der Waals surface area contributed by atoms with E-state index in [1.165, 1.54) is 16.8 Å². The number of hydrogen-bond donors (Lipinski definition) is 0. The van der Waals surface area contributed by atoms with E-state index in [1.807, 2.05) is 24.3 Å². The van der Waals surface area contributed by atoms with Gasteiger partial charge in [-0.1, -0.05) is 24.3 Å². The molecule has 0 N–H and O–H groups in total. The van der Waals surface area contributed by atoms with Crippen LogP contribution in [0.5, 0.6) is 0 Å². The fraction of sp³-hybridized carbons (Fsp3) is 0.250. The van der Waals surface area contributed by atoms with Crippen molar-refractivity contribution in [3.63, 3.8) is 0 Å². The lowest BCUT2D eigenvalue weighted by Crippen LogP contribution is -2.41. The number of fused-ring (bicyclic) bond motifs is 1. The van der Waals surface area contributed by atoms with Crippen molar-refractivity contribution in [2.45, 2.75) is 25.7 Å². The fourth-order valence-corrected chi connectivity index (χ4v) is 4.11. The van der Waals surface area contributed by atoms with Crippen LogP contribution in [0.1, 0.15) is 40.8 Å². The van der Waals surface area contributed by atoms with Crippen molar-refractivity contribution in [1.82, 2.24) is 19.7 Å². The van der Waals surface area contributed by atoms with Crippen molar-refractivity contribution in [1.29, 1.82) is 0 Å². The van der Waals surface area contributed by atoms with E-state index in [1.54, 1.807) is 30.0 Å². The molecule has 0 saturated carbocycles. The SMILES string of the molecule is Cc1cc(=O)c(C(=O)N2CCC(c3nc4ccccc4o3)CC2)nn1-c1ccccc1F. The van der Waals surface area contributed by atoms with Gasteiger partial charge in [-0.3, -0.25) is 9.59 Å². The molecule has 2 aromatic carbocycles. The molecular weight excluding hydrogens is 411 g/mol. The number of rotatable bonds is 3. The number of hydrogen-bond acceptors (Lipinski definition) is 5. The van der Waals surface area contributed by atoms with Gasteiger partial charge in [-0.2, -0.15) is 5.10 Å². The second-order valence-electron chi connectivity index (χ2n) is 7.95. The number of oxazole rings is 1. The number of carbonyl (C=O) groups excluding carboxylic acids is 1. The van der Waals surface area contributed by atoms with E-state index in [9.17, 15) is 14.0 Å². The molecule has 0 aliphatic carbocycles. The molecule has 1 aliphatic rings. The van der Waals surface area contributed by atoms with Crippen molar-refractivity contribution in [3.05, 3.63) is 87.9 Å². The Labute approximate surface area is 183 Å². The molecule has 2 aromatic heterocycles. The Kier molecular flexibility index (Phi) is 5.05. The number of aromatic nitrogens is 3. The number of piperidine rings is 1. The van der Waals surface area contributed by atoms with Gasteiger partial charge in [0.2, 0.25) is 5.43 Å². The largest absolute Gasteiger partial charge is 0.440 e. The first-order valence-electron chi connectivity index (χ1n) is 10.5. The Morgan fingerprint density at radius 1 is 1.09 bits per heavy atom. The molecule has 1 saturated heterocycles. The third-order valence-electron chi connectivity index (χ3n) is 5.83. The van der Waals surface area contributed by atoms with Gasteiger partial charge >= 0.3 is 0 Å². The number of carbonyl (C=O) groups is 1. The lowest BCUT2D eigenvalue weighted by atomic mass is 9.96. The van der Waals surface area contributed by atoms with Crippen LogP contribution in [0.15, 0.2) is 63.8 Å². The number of halogens is 1. The average Bonchev–Trinajstić information content (AvgIpc) is 3.24. The van der Waals surface area contributed by atoms with E-state index in [0.29, 0.717) is 37.5 Å². The van der Waals surface area contributed by atoms with Gasteiger partial charge in [0, 0.05) is 30.8 Å². The van der Waals surface area contributed by atoms with Gasteiger partial charge in [0.05, 0.1) is 0 Å². The number of amides is 1. The summed E-state index contributed by atoms with van der Waals surface area (Å²) in [6.07, 6.45) is 1.35. The van der Waals surface area contributed by atoms with Gasteiger partial charge in [0.1, 0.15) is 17.0 Å². The Hall–Kier alpha value is -3.81. The van der Waals surface area contributed by atoms with Crippen LogP contribution >= 0.6 is 0 Å². The molecule has 7 nitrogen and oxygen atoms in total. The minimum atomic E-state index is -0.482. The van der Waals surface area contributed by atoms with E-state index in [0.717, 1.165) is 11.1 Å². The predicted molar refractivity (Wildman–Crippen MR) is 116 cm³/mol. The molecule has 4 aromatic rings. The first-order chi connectivity index (χ1) is 15.5. The summed E-state index contributed by atoms with van der Waals surface area (Å²) in [5, 5.41) is 4.23. The lowest BCUT2D eigenvalue weighted by Gasteiger charge is -2.30. The Balaban J connectivity index is 1.36. The Morgan fingerprint density at radius 3 is 2.56 bits per heavy atom. The summed E-state index contributed by atoms with van der Waals surface area (Å²) < 4.78 is 21.5. The highest BCUT2D eigenvalue weighted by Crippen LogP contribution is 2.30. The number of nitrogens with zero attached hydrogens (tertiary/aromatic N) is 4. The highest BCUT2D eigenvalue weighted by Gasteiger charge is 2.29. The first kappa shape index (κ1) is 20.1. The summed E-state index contributed by atoms with van der Waals surface area (Å²) in [7, 11) is 0. The summed E-state index contributed by atoms with van der Waals surface area (Å²) in [6, 6.07) is 15.0. The average molecular weight is 432 g/mol. The van der Waals surface area contributed by atoms with Crippen LogP contribution < -0.4 is 5.43 Å². The van der Waals surface area contributed by atoms with Crippen molar-refractivity contribution >= 4 is 17.0 Å². The second-order valence-corrected chi connectivity index (χ2v) is 7.95. The summed E-state index contributed by atoms with van der Waals surface area (Å²) >= 11 is 0. The first-order valence-corrected chi connectivity index (χ1v) is 10.5. The van der Waals surface area contributed by atoms with E-state index in [2.05, 4.69) is 10.1 Å². The third-order valence-corrected chi connectivity index (χ3v) is 5.83. The van der Waals surface area contributed by atoms with Crippen LogP contribution in [0, 0.1) is 12.7 Å². The normalized spacial score (nSPS) is 14.8. The molecule has 0 bridgehead atoms. The van der Waals surface area contributed by atoms with Crippen LogP contribution in [0.2, 0.25) is 0 Å². The molecule has 5 rings (SSSR count). The Bertz CT molecular complexity index is 1340.